The number of rotatable bonds is 3. The van der Waals surface area contributed by atoms with Gasteiger partial charge in [-0.1, -0.05) is 31.0 Å². The number of amides is 1. The van der Waals surface area contributed by atoms with E-state index in [4.69, 9.17) is 0 Å². The van der Waals surface area contributed by atoms with Crippen molar-refractivity contribution < 1.29 is 13.6 Å². The molecule has 0 bridgehead atoms. The van der Waals surface area contributed by atoms with Crippen molar-refractivity contribution in [1.82, 2.24) is 0 Å². The first-order chi connectivity index (χ1) is 11.0. The maximum absolute atomic E-state index is 13.4. The third-order valence-corrected chi connectivity index (χ3v) is 4.74. The zero-order chi connectivity index (χ0) is 16.4. The fourth-order valence-corrected chi connectivity index (χ4v) is 3.37. The number of anilines is 1. The van der Waals surface area contributed by atoms with Gasteiger partial charge in [-0.25, -0.2) is 8.78 Å². The Bertz CT molecular complexity index is 719. The summed E-state index contributed by atoms with van der Waals surface area (Å²) in [6, 6.07) is 10.5. The molecule has 0 unspecified atom stereocenters. The predicted molar refractivity (Wildman–Crippen MR) is 86.3 cm³/mol. The normalized spacial score (nSPS) is 16.3. The second-order valence-electron chi connectivity index (χ2n) is 6.21. The molecule has 4 heteroatoms. The number of benzene rings is 2. The lowest BCUT2D eigenvalue weighted by molar-refractivity contribution is -0.121. The summed E-state index contributed by atoms with van der Waals surface area (Å²) in [6.07, 6.45) is 3.34. The van der Waals surface area contributed by atoms with Crippen molar-refractivity contribution in [2.45, 2.75) is 38.0 Å². The van der Waals surface area contributed by atoms with Crippen LogP contribution in [0.25, 0.3) is 0 Å². The van der Waals surface area contributed by atoms with Gasteiger partial charge in [0, 0.05) is 5.69 Å². The lowest BCUT2D eigenvalue weighted by Crippen LogP contribution is -2.38. The van der Waals surface area contributed by atoms with E-state index in [0.717, 1.165) is 36.8 Å². The van der Waals surface area contributed by atoms with E-state index in [-0.39, 0.29) is 17.5 Å². The number of nitrogens with one attached hydrogen (secondary N) is 1. The maximum atomic E-state index is 13.4. The van der Waals surface area contributed by atoms with Crippen molar-refractivity contribution in [1.29, 1.82) is 0 Å². The van der Waals surface area contributed by atoms with Gasteiger partial charge in [0.1, 0.15) is 11.6 Å². The van der Waals surface area contributed by atoms with Gasteiger partial charge in [0.2, 0.25) is 5.91 Å². The monoisotopic (exact) mass is 315 g/mol. The van der Waals surface area contributed by atoms with Crippen molar-refractivity contribution in [3.05, 3.63) is 65.2 Å². The molecule has 0 atom stereocenters. The molecule has 0 saturated heterocycles. The molecule has 1 amide bonds. The summed E-state index contributed by atoms with van der Waals surface area (Å²) < 4.78 is 26.6. The highest BCUT2D eigenvalue weighted by molar-refractivity contribution is 5.99. The van der Waals surface area contributed by atoms with E-state index in [1.807, 2.05) is 6.92 Å². The molecule has 23 heavy (non-hydrogen) atoms. The Morgan fingerprint density at radius 1 is 1.00 bits per heavy atom. The van der Waals surface area contributed by atoms with Gasteiger partial charge in [0.15, 0.2) is 0 Å². The third kappa shape index (κ3) is 2.98. The second-order valence-corrected chi connectivity index (χ2v) is 6.21. The van der Waals surface area contributed by atoms with E-state index >= 15 is 0 Å². The molecule has 2 nitrogen and oxygen atoms in total. The number of aryl methyl sites for hydroxylation is 1. The average molecular weight is 315 g/mol. The summed E-state index contributed by atoms with van der Waals surface area (Å²) in [7, 11) is 0. The van der Waals surface area contributed by atoms with Gasteiger partial charge in [-0.3, -0.25) is 4.79 Å². The van der Waals surface area contributed by atoms with Crippen LogP contribution in [0.2, 0.25) is 0 Å². The first kappa shape index (κ1) is 15.7. The van der Waals surface area contributed by atoms with E-state index in [2.05, 4.69) is 5.32 Å². The lowest BCUT2D eigenvalue weighted by atomic mass is 9.78. The van der Waals surface area contributed by atoms with Crippen molar-refractivity contribution in [3.8, 4) is 0 Å². The number of carbonyl (C=O) groups is 1. The summed E-state index contributed by atoms with van der Waals surface area (Å²) in [5.74, 6) is -0.841. The molecule has 0 heterocycles. The third-order valence-electron chi connectivity index (χ3n) is 4.74. The van der Waals surface area contributed by atoms with Crippen molar-refractivity contribution in [2.24, 2.45) is 0 Å². The number of hydrogen-bond donors (Lipinski definition) is 1. The van der Waals surface area contributed by atoms with Crippen LogP contribution in [0.4, 0.5) is 14.5 Å². The zero-order valence-corrected chi connectivity index (χ0v) is 13.0. The zero-order valence-electron chi connectivity index (χ0n) is 13.0. The summed E-state index contributed by atoms with van der Waals surface area (Å²) >= 11 is 0. The van der Waals surface area contributed by atoms with Crippen LogP contribution in [-0.2, 0) is 10.2 Å². The molecule has 2 aromatic carbocycles. The van der Waals surface area contributed by atoms with Crippen LogP contribution in [0.15, 0.2) is 42.5 Å². The summed E-state index contributed by atoms with van der Waals surface area (Å²) in [5.41, 5.74) is 1.46. The molecule has 2 aromatic rings. The highest BCUT2D eigenvalue weighted by Crippen LogP contribution is 2.42. The highest BCUT2D eigenvalue weighted by Gasteiger charge is 2.42. The van der Waals surface area contributed by atoms with Crippen LogP contribution in [-0.4, -0.2) is 5.91 Å². The maximum Gasteiger partial charge on any atom is 0.235 e. The molecule has 120 valence electrons. The topological polar surface area (TPSA) is 29.1 Å². The van der Waals surface area contributed by atoms with Crippen molar-refractivity contribution in [3.63, 3.8) is 0 Å². The van der Waals surface area contributed by atoms with Crippen LogP contribution in [0.3, 0.4) is 0 Å². The molecule has 1 fully saturated rings. The molecule has 1 N–H and O–H groups in total. The first-order valence-corrected chi connectivity index (χ1v) is 7.85. The molecular weight excluding hydrogens is 296 g/mol. The van der Waals surface area contributed by atoms with Gasteiger partial charge >= 0.3 is 0 Å². The fourth-order valence-electron chi connectivity index (χ4n) is 3.37. The molecular formula is C19H19F2NO. The molecule has 0 aliphatic heterocycles. The van der Waals surface area contributed by atoms with Crippen LogP contribution < -0.4 is 5.32 Å². The van der Waals surface area contributed by atoms with Crippen LogP contribution in [0.1, 0.15) is 36.8 Å². The Morgan fingerprint density at radius 2 is 1.61 bits per heavy atom. The molecule has 3 rings (SSSR count). The lowest BCUT2D eigenvalue weighted by Gasteiger charge is -2.28. The number of carbonyl (C=O) groups excluding carboxylic acids is 1. The smallest absolute Gasteiger partial charge is 0.235 e. The van der Waals surface area contributed by atoms with Crippen molar-refractivity contribution in [2.75, 3.05) is 5.32 Å². The first-order valence-electron chi connectivity index (χ1n) is 7.85. The van der Waals surface area contributed by atoms with E-state index in [1.165, 1.54) is 24.3 Å². The summed E-state index contributed by atoms with van der Waals surface area (Å²) in [5, 5.41) is 2.87. The summed E-state index contributed by atoms with van der Waals surface area (Å²) in [6.45, 7) is 1.83. The quantitative estimate of drug-likeness (QED) is 0.872. The van der Waals surface area contributed by atoms with E-state index in [0.29, 0.717) is 5.69 Å². The van der Waals surface area contributed by atoms with Gasteiger partial charge in [-0.2, -0.15) is 0 Å². The Morgan fingerprint density at radius 3 is 2.26 bits per heavy atom. The molecule has 0 spiro atoms. The Kier molecular flexibility index (Phi) is 4.16. The molecule has 1 aliphatic rings. The number of hydrogen-bond acceptors (Lipinski definition) is 1. The molecule has 0 radical (unpaired) electrons. The van der Waals surface area contributed by atoms with E-state index in [1.54, 1.807) is 18.2 Å². The van der Waals surface area contributed by atoms with Crippen LogP contribution >= 0.6 is 0 Å². The Balaban J connectivity index is 1.93. The standard InChI is InChI=1S/C19H19F2NO/c1-13-4-7-16(21)12-17(13)22-18(23)19(10-2-3-11-19)14-5-8-15(20)9-6-14/h4-9,12H,2-3,10-11H2,1H3,(H,22,23). The minimum absolute atomic E-state index is 0.143. The highest BCUT2D eigenvalue weighted by atomic mass is 19.1. The Hall–Kier alpha value is -2.23. The molecule has 0 aromatic heterocycles. The van der Waals surface area contributed by atoms with Crippen LogP contribution in [0.5, 0.6) is 0 Å². The molecule has 1 aliphatic carbocycles. The second kappa shape index (κ2) is 6.11. The number of halogens is 2. The van der Waals surface area contributed by atoms with E-state index < -0.39 is 5.41 Å². The largest absolute Gasteiger partial charge is 0.325 e. The van der Waals surface area contributed by atoms with Gasteiger partial charge in [0.05, 0.1) is 5.41 Å². The summed E-state index contributed by atoms with van der Waals surface area (Å²) in [4.78, 5) is 13.0. The van der Waals surface area contributed by atoms with Gasteiger partial charge < -0.3 is 5.32 Å². The fraction of sp³-hybridized carbons (Fsp3) is 0.316. The van der Waals surface area contributed by atoms with Gasteiger partial charge in [0.25, 0.3) is 0 Å². The van der Waals surface area contributed by atoms with Gasteiger partial charge in [-0.05, 0) is 55.2 Å². The Labute approximate surface area is 134 Å². The van der Waals surface area contributed by atoms with E-state index in [9.17, 15) is 13.6 Å². The molecule has 1 saturated carbocycles. The minimum Gasteiger partial charge on any atom is -0.325 e. The minimum atomic E-state index is -0.660. The average Bonchev–Trinajstić information content (AvgIpc) is 3.02. The SMILES string of the molecule is Cc1ccc(F)cc1NC(=O)C1(c2ccc(F)cc2)CCCC1. The van der Waals surface area contributed by atoms with Gasteiger partial charge in [-0.15, -0.1) is 0 Å². The predicted octanol–water partition coefficient (Wildman–Crippen LogP) is 4.72. The van der Waals surface area contributed by atoms with Crippen molar-refractivity contribution >= 4 is 11.6 Å². The van der Waals surface area contributed by atoms with Crippen LogP contribution in [0, 0.1) is 18.6 Å².